The Morgan fingerprint density at radius 1 is 1.07 bits per heavy atom. The lowest BCUT2D eigenvalue weighted by atomic mass is 10.2. The number of hydrogen-bond donors (Lipinski definition) is 0. The highest BCUT2D eigenvalue weighted by molar-refractivity contribution is 6.00. The van der Waals surface area contributed by atoms with Gasteiger partial charge in [0.25, 0.3) is 0 Å². The number of furan rings is 1. The standard InChI is InChI=1S/C21H16N2O5/c1-26-19-12-23(15-8-3-2-4-9-15)22-20(19)21(25)27-13-16(24)18-11-14-7-5-6-10-17(14)28-18/h2-12H,13H2,1H3. The number of Topliss-reactive ketones (excluding diaryl/α,β-unsaturated/α-hetero) is 1. The molecule has 28 heavy (non-hydrogen) atoms. The topological polar surface area (TPSA) is 83.6 Å². The van der Waals surface area contributed by atoms with Gasteiger partial charge in [0.2, 0.25) is 11.5 Å². The average molecular weight is 376 g/mol. The summed E-state index contributed by atoms with van der Waals surface area (Å²) < 4.78 is 17.3. The number of hydrogen-bond acceptors (Lipinski definition) is 6. The van der Waals surface area contributed by atoms with Gasteiger partial charge in [0.1, 0.15) is 5.58 Å². The zero-order chi connectivity index (χ0) is 19.5. The fourth-order valence-electron chi connectivity index (χ4n) is 2.75. The van der Waals surface area contributed by atoms with Crippen molar-refractivity contribution >= 4 is 22.7 Å². The first kappa shape index (κ1) is 17.5. The third-order valence-electron chi connectivity index (χ3n) is 4.15. The van der Waals surface area contributed by atoms with Crippen molar-refractivity contribution in [3.05, 3.63) is 78.3 Å². The number of para-hydroxylation sites is 2. The summed E-state index contributed by atoms with van der Waals surface area (Å²) in [5, 5.41) is 5.03. The number of carbonyl (C=O) groups is 2. The molecule has 0 saturated heterocycles. The lowest BCUT2D eigenvalue weighted by molar-refractivity contribution is 0.0459. The summed E-state index contributed by atoms with van der Waals surface area (Å²) in [5.74, 6) is -0.803. The minimum absolute atomic E-state index is 0.0104. The fraction of sp³-hybridized carbons (Fsp3) is 0.0952. The first-order chi connectivity index (χ1) is 13.7. The maximum Gasteiger partial charge on any atom is 0.363 e. The van der Waals surface area contributed by atoms with Gasteiger partial charge < -0.3 is 13.9 Å². The van der Waals surface area contributed by atoms with Crippen LogP contribution in [-0.2, 0) is 4.74 Å². The van der Waals surface area contributed by atoms with E-state index in [2.05, 4.69) is 5.10 Å². The Bertz CT molecular complexity index is 1110. The number of methoxy groups -OCH3 is 1. The number of carbonyl (C=O) groups excluding carboxylic acids is 2. The maximum atomic E-state index is 12.4. The smallest absolute Gasteiger partial charge is 0.363 e. The number of benzene rings is 2. The normalized spacial score (nSPS) is 10.8. The molecule has 0 amide bonds. The van der Waals surface area contributed by atoms with Gasteiger partial charge in [0, 0.05) is 5.39 Å². The summed E-state index contributed by atoms with van der Waals surface area (Å²) in [7, 11) is 1.43. The van der Waals surface area contributed by atoms with Crippen LogP contribution < -0.4 is 4.74 Å². The molecule has 2 heterocycles. The van der Waals surface area contributed by atoms with Crippen LogP contribution in [0, 0.1) is 0 Å². The first-order valence-electron chi connectivity index (χ1n) is 8.53. The van der Waals surface area contributed by atoms with E-state index in [0.717, 1.165) is 11.1 Å². The van der Waals surface area contributed by atoms with Gasteiger partial charge in [-0.25, -0.2) is 9.48 Å². The lowest BCUT2D eigenvalue weighted by Gasteiger charge is -2.02. The molecule has 0 spiro atoms. The minimum atomic E-state index is -0.754. The number of fused-ring (bicyclic) bond motifs is 1. The van der Waals surface area contributed by atoms with E-state index >= 15 is 0 Å². The zero-order valence-corrected chi connectivity index (χ0v) is 15.0. The molecule has 0 N–H and O–H groups in total. The molecule has 2 aromatic heterocycles. The van der Waals surface area contributed by atoms with E-state index in [4.69, 9.17) is 13.9 Å². The molecule has 0 aliphatic heterocycles. The monoisotopic (exact) mass is 376 g/mol. The largest absolute Gasteiger partial charge is 0.493 e. The number of rotatable bonds is 6. The van der Waals surface area contributed by atoms with E-state index in [1.54, 1.807) is 18.3 Å². The van der Waals surface area contributed by atoms with Crippen molar-refractivity contribution in [2.24, 2.45) is 0 Å². The van der Waals surface area contributed by atoms with Crippen LogP contribution in [0.5, 0.6) is 5.75 Å². The summed E-state index contributed by atoms with van der Waals surface area (Å²) in [6, 6.07) is 18.2. The molecule has 4 aromatic rings. The van der Waals surface area contributed by atoms with Crippen LogP contribution in [-0.4, -0.2) is 35.2 Å². The van der Waals surface area contributed by atoms with Crippen LogP contribution in [0.4, 0.5) is 0 Å². The molecule has 0 radical (unpaired) electrons. The molecule has 0 atom stereocenters. The molecule has 0 fully saturated rings. The van der Waals surface area contributed by atoms with Gasteiger partial charge in [-0.05, 0) is 24.3 Å². The second-order valence-electron chi connectivity index (χ2n) is 5.97. The van der Waals surface area contributed by atoms with Crippen molar-refractivity contribution in [2.45, 2.75) is 0 Å². The molecular weight excluding hydrogens is 360 g/mol. The van der Waals surface area contributed by atoms with E-state index in [0.29, 0.717) is 5.58 Å². The van der Waals surface area contributed by atoms with Gasteiger partial charge in [0.05, 0.1) is 19.0 Å². The molecule has 7 heteroatoms. The van der Waals surface area contributed by atoms with E-state index in [1.165, 1.54) is 11.8 Å². The minimum Gasteiger partial charge on any atom is -0.493 e. The summed E-state index contributed by atoms with van der Waals surface area (Å²) in [4.78, 5) is 24.7. The van der Waals surface area contributed by atoms with Gasteiger partial charge in [-0.2, -0.15) is 5.10 Å². The molecule has 0 aliphatic rings. The van der Waals surface area contributed by atoms with Crippen molar-refractivity contribution in [1.82, 2.24) is 9.78 Å². The molecule has 7 nitrogen and oxygen atoms in total. The Balaban J connectivity index is 1.49. The molecule has 4 rings (SSSR count). The molecular formula is C21H16N2O5. The number of ether oxygens (including phenoxy) is 2. The third-order valence-corrected chi connectivity index (χ3v) is 4.15. The second-order valence-corrected chi connectivity index (χ2v) is 5.97. The highest BCUT2D eigenvalue weighted by atomic mass is 16.5. The lowest BCUT2D eigenvalue weighted by Crippen LogP contribution is -2.15. The van der Waals surface area contributed by atoms with Crippen LogP contribution in [0.2, 0.25) is 0 Å². The van der Waals surface area contributed by atoms with Gasteiger partial charge >= 0.3 is 5.97 Å². The maximum absolute atomic E-state index is 12.4. The van der Waals surface area contributed by atoms with E-state index < -0.39 is 18.4 Å². The first-order valence-corrected chi connectivity index (χ1v) is 8.53. The molecule has 0 aliphatic carbocycles. The van der Waals surface area contributed by atoms with Crippen LogP contribution >= 0.6 is 0 Å². The third kappa shape index (κ3) is 3.37. The number of aromatic nitrogens is 2. The summed E-state index contributed by atoms with van der Waals surface area (Å²) in [5.41, 5.74) is 1.35. The summed E-state index contributed by atoms with van der Waals surface area (Å²) in [6.45, 7) is -0.458. The van der Waals surface area contributed by atoms with E-state index in [1.807, 2.05) is 48.5 Å². The summed E-state index contributed by atoms with van der Waals surface area (Å²) in [6.07, 6.45) is 1.58. The van der Waals surface area contributed by atoms with Gasteiger partial charge in [0.15, 0.2) is 18.1 Å². The van der Waals surface area contributed by atoms with Crippen LogP contribution in [0.25, 0.3) is 16.7 Å². The Labute approximate surface area is 160 Å². The second kappa shape index (κ2) is 7.40. The summed E-state index contributed by atoms with van der Waals surface area (Å²) >= 11 is 0. The van der Waals surface area contributed by atoms with Crippen molar-refractivity contribution in [2.75, 3.05) is 13.7 Å². The van der Waals surface area contributed by atoms with Crippen LogP contribution in [0.15, 0.2) is 71.3 Å². The van der Waals surface area contributed by atoms with Crippen LogP contribution in [0.1, 0.15) is 21.0 Å². The SMILES string of the molecule is COc1cn(-c2ccccc2)nc1C(=O)OCC(=O)c1cc2ccccc2o1. The molecule has 0 saturated carbocycles. The van der Waals surface area contributed by atoms with Crippen molar-refractivity contribution in [3.63, 3.8) is 0 Å². The number of ketones is 1. The molecule has 0 unspecified atom stereocenters. The fourth-order valence-corrected chi connectivity index (χ4v) is 2.75. The molecule has 0 bridgehead atoms. The van der Waals surface area contributed by atoms with Crippen molar-refractivity contribution in [1.29, 1.82) is 0 Å². The predicted molar refractivity (Wildman–Crippen MR) is 101 cm³/mol. The Morgan fingerprint density at radius 3 is 2.57 bits per heavy atom. The number of esters is 1. The Kier molecular flexibility index (Phi) is 4.63. The van der Waals surface area contributed by atoms with Crippen molar-refractivity contribution < 1.29 is 23.5 Å². The van der Waals surface area contributed by atoms with E-state index in [-0.39, 0.29) is 17.2 Å². The average Bonchev–Trinajstić information content (AvgIpc) is 3.36. The van der Waals surface area contributed by atoms with Crippen LogP contribution in [0.3, 0.4) is 0 Å². The zero-order valence-electron chi connectivity index (χ0n) is 15.0. The Hall–Kier alpha value is -3.87. The number of nitrogens with zero attached hydrogens (tertiary/aromatic N) is 2. The van der Waals surface area contributed by atoms with Gasteiger partial charge in [-0.1, -0.05) is 36.4 Å². The van der Waals surface area contributed by atoms with Crippen molar-refractivity contribution in [3.8, 4) is 11.4 Å². The van der Waals surface area contributed by atoms with E-state index in [9.17, 15) is 9.59 Å². The van der Waals surface area contributed by atoms with Gasteiger partial charge in [-0.3, -0.25) is 4.79 Å². The highest BCUT2D eigenvalue weighted by Crippen LogP contribution is 2.21. The molecule has 2 aromatic carbocycles. The van der Waals surface area contributed by atoms with Gasteiger partial charge in [-0.15, -0.1) is 0 Å². The quantitative estimate of drug-likeness (QED) is 0.377. The molecule has 140 valence electrons. The Morgan fingerprint density at radius 2 is 1.82 bits per heavy atom. The highest BCUT2D eigenvalue weighted by Gasteiger charge is 2.22. The predicted octanol–water partition coefficient (Wildman–Crippen LogP) is 3.67.